The van der Waals surface area contributed by atoms with Crippen molar-refractivity contribution in [2.75, 3.05) is 26.3 Å². The molecule has 0 aromatic heterocycles. The Hall–Kier alpha value is -1.42. The molecule has 2 aromatic rings. The molecule has 24 heavy (non-hydrogen) atoms. The van der Waals surface area contributed by atoms with E-state index in [1.165, 1.54) is 41.2 Å². The normalized spacial score (nSPS) is 21.4. The van der Waals surface area contributed by atoms with Gasteiger partial charge in [-0.1, -0.05) is 30.3 Å². The molecular formula is C21H27NO2. The topological polar surface area (TPSA) is 32.7 Å². The molecule has 1 fully saturated rings. The van der Waals surface area contributed by atoms with Gasteiger partial charge in [0.1, 0.15) is 0 Å². The molecule has 1 aliphatic carbocycles. The van der Waals surface area contributed by atoms with Crippen molar-refractivity contribution in [3.63, 3.8) is 0 Å². The van der Waals surface area contributed by atoms with Gasteiger partial charge < -0.3 is 9.84 Å². The Kier molecular flexibility index (Phi) is 4.57. The average molecular weight is 325 g/mol. The number of rotatable bonds is 3. The van der Waals surface area contributed by atoms with Gasteiger partial charge in [0.05, 0.1) is 19.3 Å². The fourth-order valence-electron chi connectivity index (χ4n) is 4.35. The molecule has 1 aliphatic heterocycles. The maximum Gasteiger partial charge on any atom is 0.0948 e. The van der Waals surface area contributed by atoms with E-state index in [1.54, 1.807) is 0 Å². The minimum Gasteiger partial charge on any atom is -0.387 e. The van der Waals surface area contributed by atoms with E-state index in [4.69, 9.17) is 4.74 Å². The van der Waals surface area contributed by atoms with Gasteiger partial charge in [0.15, 0.2) is 0 Å². The summed E-state index contributed by atoms with van der Waals surface area (Å²) in [4.78, 5) is 2.35. The average Bonchev–Trinajstić information content (AvgIpc) is 2.67. The molecule has 1 saturated heterocycles. The molecule has 0 amide bonds. The molecule has 0 bridgehead atoms. The Balaban J connectivity index is 1.75. The van der Waals surface area contributed by atoms with Crippen molar-refractivity contribution in [2.45, 2.75) is 44.8 Å². The van der Waals surface area contributed by atoms with E-state index in [9.17, 15) is 5.11 Å². The number of fused-ring (bicyclic) bond motifs is 3. The monoisotopic (exact) mass is 325 g/mol. The van der Waals surface area contributed by atoms with Crippen LogP contribution in [0.4, 0.5) is 0 Å². The standard InChI is InChI=1S/C21H27NO2/c1-15(22-10-12-24-13-11-22)21(23)20-14-16-6-2-3-7-17(16)18-8-4-5-9-19(18)20/h4-5,8-9,14-15,21,23H,2-3,6-7,10-13H2,1H3/t15-,21+/m1/s1. The lowest BCUT2D eigenvalue weighted by Crippen LogP contribution is -2.44. The van der Waals surface area contributed by atoms with Crippen LogP contribution in [0.3, 0.4) is 0 Å². The van der Waals surface area contributed by atoms with Gasteiger partial charge >= 0.3 is 0 Å². The Morgan fingerprint density at radius 1 is 1.04 bits per heavy atom. The summed E-state index contributed by atoms with van der Waals surface area (Å²) in [7, 11) is 0. The predicted octanol–water partition coefficient (Wildman–Crippen LogP) is 3.47. The molecule has 1 heterocycles. The van der Waals surface area contributed by atoms with Crippen LogP contribution in [0.2, 0.25) is 0 Å². The highest BCUT2D eigenvalue weighted by Gasteiger charge is 2.27. The van der Waals surface area contributed by atoms with Crippen LogP contribution in [0.5, 0.6) is 0 Å². The summed E-state index contributed by atoms with van der Waals surface area (Å²) in [5.41, 5.74) is 4.06. The van der Waals surface area contributed by atoms with Crippen molar-refractivity contribution in [3.05, 3.63) is 47.0 Å². The van der Waals surface area contributed by atoms with Crippen molar-refractivity contribution in [2.24, 2.45) is 0 Å². The van der Waals surface area contributed by atoms with E-state index in [1.807, 2.05) is 0 Å². The van der Waals surface area contributed by atoms with Crippen LogP contribution < -0.4 is 0 Å². The molecular weight excluding hydrogens is 298 g/mol. The highest BCUT2D eigenvalue weighted by atomic mass is 16.5. The molecule has 2 atom stereocenters. The molecule has 1 N–H and O–H groups in total. The smallest absolute Gasteiger partial charge is 0.0948 e. The van der Waals surface area contributed by atoms with Gasteiger partial charge in [-0.2, -0.15) is 0 Å². The number of hydrogen-bond acceptors (Lipinski definition) is 3. The second-order valence-electron chi connectivity index (χ2n) is 7.19. The Morgan fingerprint density at radius 3 is 2.54 bits per heavy atom. The van der Waals surface area contributed by atoms with Crippen molar-refractivity contribution >= 4 is 10.8 Å². The van der Waals surface area contributed by atoms with Gasteiger partial charge in [-0.3, -0.25) is 4.90 Å². The minimum atomic E-state index is -0.458. The van der Waals surface area contributed by atoms with Gasteiger partial charge in [0.25, 0.3) is 0 Å². The molecule has 4 rings (SSSR count). The molecule has 0 spiro atoms. The SMILES string of the molecule is C[C@H]([C@H](O)c1cc2c(c3ccccc13)CCCC2)N1CCOCC1. The fraction of sp³-hybridized carbons (Fsp3) is 0.524. The first-order valence-corrected chi connectivity index (χ1v) is 9.29. The summed E-state index contributed by atoms with van der Waals surface area (Å²) in [5.74, 6) is 0. The van der Waals surface area contributed by atoms with E-state index in [0.717, 1.165) is 38.3 Å². The van der Waals surface area contributed by atoms with E-state index in [2.05, 4.69) is 42.2 Å². The summed E-state index contributed by atoms with van der Waals surface area (Å²) >= 11 is 0. The second kappa shape index (κ2) is 6.83. The first-order valence-electron chi connectivity index (χ1n) is 9.29. The summed E-state index contributed by atoms with van der Waals surface area (Å²) in [6.45, 7) is 5.48. The lowest BCUT2D eigenvalue weighted by molar-refractivity contribution is -0.0162. The van der Waals surface area contributed by atoms with Gasteiger partial charge in [0.2, 0.25) is 0 Å². The summed E-state index contributed by atoms with van der Waals surface area (Å²) in [6.07, 6.45) is 4.40. The number of morpholine rings is 1. The zero-order chi connectivity index (χ0) is 16.5. The zero-order valence-electron chi connectivity index (χ0n) is 14.5. The van der Waals surface area contributed by atoms with Crippen LogP contribution in [-0.4, -0.2) is 42.4 Å². The predicted molar refractivity (Wildman–Crippen MR) is 97.4 cm³/mol. The maximum atomic E-state index is 11.2. The van der Waals surface area contributed by atoms with E-state index >= 15 is 0 Å². The highest BCUT2D eigenvalue weighted by Crippen LogP contribution is 2.35. The third-order valence-electron chi connectivity index (χ3n) is 5.80. The summed E-state index contributed by atoms with van der Waals surface area (Å²) in [6, 6.07) is 11.0. The van der Waals surface area contributed by atoms with Gasteiger partial charge in [0, 0.05) is 19.1 Å². The van der Waals surface area contributed by atoms with E-state index in [-0.39, 0.29) is 6.04 Å². The van der Waals surface area contributed by atoms with Crippen LogP contribution in [0.25, 0.3) is 10.8 Å². The molecule has 128 valence electrons. The number of nitrogens with zero attached hydrogens (tertiary/aromatic N) is 1. The molecule has 0 saturated carbocycles. The maximum absolute atomic E-state index is 11.2. The van der Waals surface area contributed by atoms with Gasteiger partial charge in [-0.15, -0.1) is 0 Å². The zero-order valence-corrected chi connectivity index (χ0v) is 14.5. The quantitative estimate of drug-likeness (QED) is 0.938. The van der Waals surface area contributed by atoms with Crippen molar-refractivity contribution in [3.8, 4) is 0 Å². The molecule has 3 heteroatoms. The molecule has 0 unspecified atom stereocenters. The van der Waals surface area contributed by atoms with Crippen LogP contribution in [-0.2, 0) is 17.6 Å². The number of aliphatic hydroxyl groups excluding tert-OH is 1. The number of aliphatic hydroxyl groups is 1. The third kappa shape index (κ3) is 2.85. The summed E-state index contributed by atoms with van der Waals surface area (Å²) < 4.78 is 5.46. The lowest BCUT2D eigenvalue weighted by atomic mass is 9.83. The van der Waals surface area contributed by atoms with Crippen molar-refractivity contribution in [1.82, 2.24) is 4.90 Å². The fourth-order valence-corrected chi connectivity index (χ4v) is 4.35. The Bertz CT molecular complexity index is 721. The number of aryl methyl sites for hydroxylation is 2. The Morgan fingerprint density at radius 2 is 1.75 bits per heavy atom. The van der Waals surface area contributed by atoms with Crippen LogP contribution in [0.1, 0.15) is 42.6 Å². The van der Waals surface area contributed by atoms with Crippen molar-refractivity contribution in [1.29, 1.82) is 0 Å². The number of benzene rings is 2. The first-order chi connectivity index (χ1) is 11.8. The highest BCUT2D eigenvalue weighted by molar-refractivity contribution is 5.90. The van der Waals surface area contributed by atoms with E-state index < -0.39 is 6.10 Å². The molecule has 0 radical (unpaired) electrons. The number of ether oxygens (including phenoxy) is 1. The lowest BCUT2D eigenvalue weighted by Gasteiger charge is -2.35. The van der Waals surface area contributed by atoms with Crippen LogP contribution in [0.15, 0.2) is 30.3 Å². The third-order valence-corrected chi connectivity index (χ3v) is 5.80. The minimum absolute atomic E-state index is 0.110. The second-order valence-corrected chi connectivity index (χ2v) is 7.19. The Labute approximate surface area is 144 Å². The summed E-state index contributed by atoms with van der Waals surface area (Å²) in [5, 5.41) is 13.7. The molecule has 2 aliphatic rings. The molecule has 3 nitrogen and oxygen atoms in total. The van der Waals surface area contributed by atoms with Crippen molar-refractivity contribution < 1.29 is 9.84 Å². The van der Waals surface area contributed by atoms with E-state index in [0.29, 0.717) is 0 Å². The largest absolute Gasteiger partial charge is 0.387 e. The van der Waals surface area contributed by atoms with Crippen LogP contribution in [0, 0.1) is 0 Å². The first kappa shape index (κ1) is 16.1. The van der Waals surface area contributed by atoms with Gasteiger partial charge in [-0.25, -0.2) is 0 Å². The van der Waals surface area contributed by atoms with Gasteiger partial charge in [-0.05, 0) is 60.1 Å². The number of hydrogen-bond donors (Lipinski definition) is 1. The van der Waals surface area contributed by atoms with Crippen LogP contribution >= 0.6 is 0 Å². The molecule has 2 aromatic carbocycles.